The van der Waals surface area contributed by atoms with Gasteiger partial charge < -0.3 is 4.74 Å². The van der Waals surface area contributed by atoms with Crippen molar-refractivity contribution < 1.29 is 26.7 Å². The topological polar surface area (TPSA) is 9.23 Å². The Morgan fingerprint density at radius 2 is 1.69 bits per heavy atom. The number of alkyl halides is 3. The Morgan fingerprint density at radius 3 is 2.34 bits per heavy atom. The Bertz CT molecular complexity index is 1000. The lowest BCUT2D eigenvalue weighted by atomic mass is 9.77. The maximum absolute atomic E-state index is 15.0. The monoisotopic (exact) mass is 450 g/mol. The molecular formula is C26H27F5O. The van der Waals surface area contributed by atoms with Gasteiger partial charge in [0.25, 0.3) is 0 Å². The zero-order chi connectivity index (χ0) is 22.9. The van der Waals surface area contributed by atoms with E-state index in [0.717, 1.165) is 42.0 Å². The molecule has 0 N–H and O–H groups in total. The molecule has 6 heteroatoms. The zero-order valence-corrected chi connectivity index (χ0v) is 18.1. The van der Waals surface area contributed by atoms with Crippen molar-refractivity contribution in [2.45, 2.75) is 70.6 Å². The first-order chi connectivity index (χ1) is 15.2. The van der Waals surface area contributed by atoms with Crippen molar-refractivity contribution in [2.24, 2.45) is 5.92 Å². The first-order valence-corrected chi connectivity index (χ1v) is 11.3. The summed E-state index contributed by atoms with van der Waals surface area (Å²) in [5.74, 6) is -1.06. The van der Waals surface area contributed by atoms with Gasteiger partial charge in [0.15, 0.2) is 11.6 Å². The molecule has 0 spiro atoms. The SMILES string of the molecule is CCCC1CCC(c2ccc(C3=Cc4cc(F)c(OC(F)(F)F)cc4CC3)c(F)c2)CC1. The normalized spacial score (nSPS) is 21.1. The van der Waals surface area contributed by atoms with E-state index < -0.39 is 17.9 Å². The summed E-state index contributed by atoms with van der Waals surface area (Å²) in [6.07, 6.45) is 4.57. The highest BCUT2D eigenvalue weighted by molar-refractivity contribution is 5.85. The first kappa shape index (κ1) is 22.8. The molecule has 0 unspecified atom stereocenters. The van der Waals surface area contributed by atoms with E-state index in [9.17, 15) is 17.6 Å². The Labute approximate surface area is 185 Å². The summed E-state index contributed by atoms with van der Waals surface area (Å²) in [7, 11) is 0. The summed E-state index contributed by atoms with van der Waals surface area (Å²) in [5.41, 5.74) is 3.22. The lowest BCUT2D eigenvalue weighted by Gasteiger charge is -2.29. The van der Waals surface area contributed by atoms with E-state index in [2.05, 4.69) is 11.7 Å². The molecule has 0 atom stereocenters. The summed E-state index contributed by atoms with van der Waals surface area (Å²) in [6, 6.07) is 7.51. The van der Waals surface area contributed by atoms with Crippen molar-refractivity contribution in [1.29, 1.82) is 0 Å². The number of halogens is 5. The second kappa shape index (κ2) is 9.24. The van der Waals surface area contributed by atoms with E-state index in [1.807, 2.05) is 6.07 Å². The fourth-order valence-corrected chi connectivity index (χ4v) is 5.14. The van der Waals surface area contributed by atoms with E-state index >= 15 is 4.39 Å². The van der Waals surface area contributed by atoms with Gasteiger partial charge >= 0.3 is 6.36 Å². The summed E-state index contributed by atoms with van der Waals surface area (Å²) >= 11 is 0. The van der Waals surface area contributed by atoms with Gasteiger partial charge in [-0.2, -0.15) is 0 Å². The first-order valence-electron chi connectivity index (χ1n) is 11.3. The van der Waals surface area contributed by atoms with Crippen LogP contribution in [0.4, 0.5) is 22.0 Å². The molecule has 172 valence electrons. The van der Waals surface area contributed by atoms with Crippen LogP contribution in [0.1, 0.15) is 80.0 Å². The van der Waals surface area contributed by atoms with Crippen molar-refractivity contribution in [3.05, 3.63) is 64.2 Å². The minimum atomic E-state index is -4.95. The molecule has 1 fully saturated rings. The van der Waals surface area contributed by atoms with Gasteiger partial charge in [-0.15, -0.1) is 13.2 Å². The average molecular weight is 450 g/mol. The smallest absolute Gasteiger partial charge is 0.403 e. The van der Waals surface area contributed by atoms with Gasteiger partial charge in [-0.05, 0) is 90.8 Å². The molecule has 4 rings (SSSR count). The van der Waals surface area contributed by atoms with Crippen molar-refractivity contribution >= 4 is 11.6 Å². The van der Waals surface area contributed by atoms with Crippen LogP contribution in [0.2, 0.25) is 0 Å². The number of allylic oxidation sites excluding steroid dienone is 1. The third kappa shape index (κ3) is 5.16. The molecule has 0 bridgehead atoms. The molecule has 0 aliphatic heterocycles. The molecule has 2 aromatic carbocycles. The minimum Gasteiger partial charge on any atom is -0.403 e. The molecule has 1 nitrogen and oxygen atoms in total. The van der Waals surface area contributed by atoms with Crippen LogP contribution in [0.3, 0.4) is 0 Å². The van der Waals surface area contributed by atoms with Gasteiger partial charge in [-0.1, -0.05) is 38.0 Å². The van der Waals surface area contributed by atoms with Crippen molar-refractivity contribution in [1.82, 2.24) is 0 Å². The molecule has 2 aliphatic rings. The molecule has 0 aromatic heterocycles. The zero-order valence-electron chi connectivity index (χ0n) is 18.1. The number of fused-ring (bicyclic) bond motifs is 1. The largest absolute Gasteiger partial charge is 0.573 e. The molecule has 0 saturated heterocycles. The number of benzene rings is 2. The summed E-state index contributed by atoms with van der Waals surface area (Å²) in [4.78, 5) is 0. The standard InChI is InChI=1S/C26H27F5O/c1-2-3-16-4-6-17(7-5-16)18-10-11-22(23(27)13-18)20-9-8-19-15-25(32-26(29,30)31)24(28)14-21(19)12-20/h10-17H,2-9H2,1H3. The second-order valence-electron chi connectivity index (χ2n) is 8.94. The van der Waals surface area contributed by atoms with E-state index in [1.54, 1.807) is 18.2 Å². The van der Waals surface area contributed by atoms with E-state index in [-0.39, 0.29) is 5.82 Å². The lowest BCUT2D eigenvalue weighted by molar-refractivity contribution is -0.275. The van der Waals surface area contributed by atoms with Gasteiger partial charge in [0.1, 0.15) is 5.82 Å². The molecule has 1 saturated carbocycles. The van der Waals surface area contributed by atoms with Crippen LogP contribution >= 0.6 is 0 Å². The van der Waals surface area contributed by atoms with Crippen molar-refractivity contribution in [3.63, 3.8) is 0 Å². The highest BCUT2D eigenvalue weighted by Crippen LogP contribution is 2.40. The fourth-order valence-electron chi connectivity index (χ4n) is 5.14. The van der Waals surface area contributed by atoms with Crippen LogP contribution in [0.25, 0.3) is 11.6 Å². The molecule has 2 aliphatic carbocycles. The average Bonchev–Trinajstić information content (AvgIpc) is 2.74. The summed E-state index contributed by atoms with van der Waals surface area (Å²) in [6.45, 7) is 2.21. The minimum absolute atomic E-state index is 0.301. The third-order valence-electron chi connectivity index (χ3n) is 6.77. The molecule has 32 heavy (non-hydrogen) atoms. The quantitative estimate of drug-likeness (QED) is 0.416. The highest BCUT2D eigenvalue weighted by Gasteiger charge is 2.33. The highest BCUT2D eigenvalue weighted by atomic mass is 19.4. The van der Waals surface area contributed by atoms with E-state index in [4.69, 9.17) is 0 Å². The summed E-state index contributed by atoms with van der Waals surface area (Å²) in [5, 5.41) is 0. The van der Waals surface area contributed by atoms with Crippen molar-refractivity contribution in [2.75, 3.05) is 0 Å². The number of hydrogen-bond acceptors (Lipinski definition) is 1. The van der Waals surface area contributed by atoms with Crippen LogP contribution in [0.15, 0.2) is 30.3 Å². The molecule has 0 heterocycles. The Balaban J connectivity index is 1.53. The van der Waals surface area contributed by atoms with Crippen molar-refractivity contribution in [3.8, 4) is 5.75 Å². The number of aryl methyl sites for hydroxylation is 1. The predicted octanol–water partition coefficient (Wildman–Crippen LogP) is 8.42. The Hall–Kier alpha value is -2.37. The van der Waals surface area contributed by atoms with E-state index in [0.29, 0.717) is 35.4 Å². The second-order valence-corrected chi connectivity index (χ2v) is 8.94. The molecular weight excluding hydrogens is 423 g/mol. The van der Waals surface area contributed by atoms with Gasteiger partial charge in [0.2, 0.25) is 0 Å². The number of ether oxygens (including phenoxy) is 1. The van der Waals surface area contributed by atoms with Crippen LogP contribution in [0, 0.1) is 17.6 Å². The molecule has 0 radical (unpaired) electrons. The molecule has 0 amide bonds. The van der Waals surface area contributed by atoms with Gasteiger partial charge in [0.05, 0.1) is 0 Å². The third-order valence-corrected chi connectivity index (χ3v) is 6.77. The van der Waals surface area contributed by atoms with Crippen LogP contribution in [0.5, 0.6) is 5.75 Å². The van der Waals surface area contributed by atoms with Gasteiger partial charge in [-0.25, -0.2) is 8.78 Å². The van der Waals surface area contributed by atoms with Crippen LogP contribution in [-0.2, 0) is 6.42 Å². The number of rotatable bonds is 5. The fraction of sp³-hybridized carbons (Fsp3) is 0.462. The predicted molar refractivity (Wildman–Crippen MR) is 115 cm³/mol. The summed E-state index contributed by atoms with van der Waals surface area (Å²) < 4.78 is 70.3. The Morgan fingerprint density at radius 1 is 0.938 bits per heavy atom. The maximum Gasteiger partial charge on any atom is 0.573 e. The van der Waals surface area contributed by atoms with Crippen LogP contribution < -0.4 is 4.74 Å². The molecule has 2 aromatic rings. The number of hydrogen-bond donors (Lipinski definition) is 0. The van der Waals surface area contributed by atoms with Gasteiger partial charge in [-0.3, -0.25) is 0 Å². The Kier molecular flexibility index (Phi) is 6.59. The van der Waals surface area contributed by atoms with Gasteiger partial charge in [0, 0.05) is 5.56 Å². The van der Waals surface area contributed by atoms with E-state index in [1.165, 1.54) is 25.7 Å². The lowest BCUT2D eigenvalue weighted by Crippen LogP contribution is -2.18. The maximum atomic E-state index is 15.0. The van der Waals surface area contributed by atoms with Crippen LogP contribution in [-0.4, -0.2) is 6.36 Å².